The normalized spacial score (nSPS) is 11.1. The summed E-state index contributed by atoms with van der Waals surface area (Å²) in [6.07, 6.45) is 4.88. The molecule has 122 valence electrons. The molecule has 0 aliphatic rings. The van der Waals surface area contributed by atoms with Crippen molar-refractivity contribution >= 4 is 11.4 Å². The molecule has 0 radical (unpaired) electrons. The Morgan fingerprint density at radius 3 is 2.35 bits per heavy atom. The van der Waals surface area contributed by atoms with Crippen LogP contribution in [0.15, 0.2) is 52.7 Å². The number of benzene rings is 2. The maximum atomic E-state index is 5.73. The number of hydrogen-bond donors (Lipinski definition) is 0. The summed E-state index contributed by atoms with van der Waals surface area (Å²) in [6, 6.07) is 14.0. The molecule has 0 N–H and O–H groups in total. The molecule has 2 aromatic rings. The van der Waals surface area contributed by atoms with Gasteiger partial charge in [-0.25, -0.2) is 0 Å². The predicted molar refractivity (Wildman–Crippen MR) is 96.2 cm³/mol. The molecular formula is C20H26N2O. The van der Waals surface area contributed by atoms with Gasteiger partial charge in [0.05, 0.1) is 18.0 Å². The first kappa shape index (κ1) is 17.2. The molecule has 3 nitrogen and oxygen atoms in total. The summed E-state index contributed by atoms with van der Waals surface area (Å²) >= 11 is 0. The number of ether oxygens (including phenoxy) is 1. The Kier molecular flexibility index (Phi) is 6.79. The number of aryl methyl sites for hydroxylation is 2. The lowest BCUT2D eigenvalue weighted by Crippen LogP contribution is -1.96. The monoisotopic (exact) mass is 310 g/mol. The summed E-state index contributed by atoms with van der Waals surface area (Å²) in [5.74, 6) is 0.895. The van der Waals surface area contributed by atoms with E-state index in [1.54, 1.807) is 0 Å². The Morgan fingerprint density at radius 2 is 1.65 bits per heavy atom. The van der Waals surface area contributed by atoms with Gasteiger partial charge in [0, 0.05) is 0 Å². The Morgan fingerprint density at radius 1 is 0.870 bits per heavy atom. The third kappa shape index (κ3) is 5.85. The van der Waals surface area contributed by atoms with Gasteiger partial charge in [0.25, 0.3) is 0 Å². The van der Waals surface area contributed by atoms with Crippen LogP contribution in [0.25, 0.3) is 0 Å². The van der Waals surface area contributed by atoms with Gasteiger partial charge >= 0.3 is 0 Å². The van der Waals surface area contributed by atoms with Crippen LogP contribution in [0.4, 0.5) is 11.4 Å². The SMILES string of the molecule is CCCCCCOc1ccc(N=Nc2ccc(C)cc2C)cc1. The largest absolute Gasteiger partial charge is 0.494 e. The molecule has 0 aromatic heterocycles. The standard InChI is InChI=1S/C20H26N2O/c1-4-5-6-7-14-23-19-11-9-18(10-12-19)21-22-20-13-8-16(2)15-17(20)3/h8-13,15H,4-7,14H2,1-3H3. The average Bonchev–Trinajstić information content (AvgIpc) is 2.55. The minimum absolute atomic E-state index is 0.781. The highest BCUT2D eigenvalue weighted by molar-refractivity contribution is 5.48. The molecular weight excluding hydrogens is 284 g/mol. The fraction of sp³-hybridized carbons (Fsp3) is 0.400. The molecule has 0 unspecified atom stereocenters. The van der Waals surface area contributed by atoms with E-state index in [9.17, 15) is 0 Å². The molecule has 3 heteroatoms. The lowest BCUT2D eigenvalue weighted by molar-refractivity contribution is 0.305. The van der Waals surface area contributed by atoms with Crippen molar-refractivity contribution in [2.75, 3.05) is 6.61 Å². The molecule has 0 aliphatic carbocycles. The van der Waals surface area contributed by atoms with Crippen LogP contribution < -0.4 is 4.74 Å². The average molecular weight is 310 g/mol. The molecule has 2 aromatic carbocycles. The predicted octanol–water partition coefficient (Wildman–Crippen LogP) is 6.68. The summed E-state index contributed by atoms with van der Waals surface area (Å²) < 4.78 is 5.73. The minimum Gasteiger partial charge on any atom is -0.494 e. The van der Waals surface area contributed by atoms with E-state index in [0.717, 1.165) is 35.7 Å². The van der Waals surface area contributed by atoms with E-state index in [0.29, 0.717) is 0 Å². The van der Waals surface area contributed by atoms with Gasteiger partial charge in [-0.2, -0.15) is 10.2 Å². The fourth-order valence-electron chi connectivity index (χ4n) is 2.36. The van der Waals surface area contributed by atoms with Crippen molar-refractivity contribution in [2.24, 2.45) is 10.2 Å². The first-order chi connectivity index (χ1) is 11.2. The molecule has 0 fully saturated rings. The van der Waals surface area contributed by atoms with Crippen LogP contribution in [0.1, 0.15) is 43.7 Å². The van der Waals surface area contributed by atoms with Gasteiger partial charge in [0.2, 0.25) is 0 Å². The molecule has 0 saturated heterocycles. The quantitative estimate of drug-likeness (QED) is 0.395. The van der Waals surface area contributed by atoms with Crippen molar-refractivity contribution in [3.63, 3.8) is 0 Å². The van der Waals surface area contributed by atoms with Crippen molar-refractivity contribution in [1.29, 1.82) is 0 Å². The molecule has 0 atom stereocenters. The van der Waals surface area contributed by atoms with Crippen LogP contribution in [0, 0.1) is 13.8 Å². The Balaban J connectivity index is 1.88. The molecule has 23 heavy (non-hydrogen) atoms. The van der Waals surface area contributed by atoms with Crippen molar-refractivity contribution in [3.05, 3.63) is 53.6 Å². The third-order valence-corrected chi connectivity index (χ3v) is 3.73. The van der Waals surface area contributed by atoms with Crippen LogP contribution in [0.3, 0.4) is 0 Å². The van der Waals surface area contributed by atoms with Gasteiger partial charge < -0.3 is 4.74 Å². The Hall–Kier alpha value is -2.16. The second-order valence-electron chi connectivity index (χ2n) is 5.89. The van der Waals surface area contributed by atoms with Gasteiger partial charge in [-0.15, -0.1) is 0 Å². The lowest BCUT2D eigenvalue weighted by Gasteiger charge is -2.05. The van der Waals surface area contributed by atoms with E-state index in [2.05, 4.69) is 43.1 Å². The molecule has 0 aliphatic heterocycles. The molecule has 0 saturated carbocycles. The van der Waals surface area contributed by atoms with Crippen molar-refractivity contribution < 1.29 is 4.74 Å². The Labute approximate surface area is 139 Å². The van der Waals surface area contributed by atoms with Crippen LogP contribution in [0.2, 0.25) is 0 Å². The number of rotatable bonds is 8. The van der Waals surface area contributed by atoms with Gasteiger partial charge in [-0.3, -0.25) is 0 Å². The zero-order chi connectivity index (χ0) is 16.5. The second-order valence-corrected chi connectivity index (χ2v) is 5.89. The molecule has 0 amide bonds. The highest BCUT2D eigenvalue weighted by Crippen LogP contribution is 2.24. The number of azo groups is 1. The maximum Gasteiger partial charge on any atom is 0.119 e. The van der Waals surface area contributed by atoms with E-state index in [1.807, 2.05) is 30.3 Å². The highest BCUT2D eigenvalue weighted by atomic mass is 16.5. The minimum atomic E-state index is 0.781. The topological polar surface area (TPSA) is 34.0 Å². The van der Waals surface area contributed by atoms with E-state index in [-0.39, 0.29) is 0 Å². The summed E-state index contributed by atoms with van der Waals surface area (Å²) in [7, 11) is 0. The van der Waals surface area contributed by atoms with E-state index in [4.69, 9.17) is 4.74 Å². The first-order valence-corrected chi connectivity index (χ1v) is 8.41. The van der Waals surface area contributed by atoms with Crippen LogP contribution >= 0.6 is 0 Å². The summed E-state index contributed by atoms with van der Waals surface area (Å²) in [6.45, 7) is 7.13. The van der Waals surface area contributed by atoms with Gasteiger partial charge in [-0.1, -0.05) is 43.9 Å². The Bertz CT molecular complexity index is 633. The summed E-state index contributed by atoms with van der Waals surface area (Å²) in [4.78, 5) is 0. The smallest absolute Gasteiger partial charge is 0.119 e. The van der Waals surface area contributed by atoms with E-state index < -0.39 is 0 Å². The zero-order valence-corrected chi connectivity index (χ0v) is 14.4. The van der Waals surface area contributed by atoms with Gasteiger partial charge in [0.1, 0.15) is 5.75 Å². The third-order valence-electron chi connectivity index (χ3n) is 3.73. The maximum absolute atomic E-state index is 5.73. The van der Waals surface area contributed by atoms with E-state index >= 15 is 0 Å². The van der Waals surface area contributed by atoms with E-state index in [1.165, 1.54) is 24.8 Å². The summed E-state index contributed by atoms with van der Waals surface area (Å²) in [5, 5.41) is 8.63. The number of hydrogen-bond acceptors (Lipinski definition) is 3. The zero-order valence-electron chi connectivity index (χ0n) is 14.4. The lowest BCUT2D eigenvalue weighted by atomic mass is 10.1. The van der Waals surface area contributed by atoms with Crippen molar-refractivity contribution in [3.8, 4) is 5.75 Å². The van der Waals surface area contributed by atoms with Crippen molar-refractivity contribution in [2.45, 2.75) is 46.5 Å². The van der Waals surface area contributed by atoms with Crippen molar-refractivity contribution in [1.82, 2.24) is 0 Å². The van der Waals surface area contributed by atoms with Crippen LogP contribution in [-0.2, 0) is 0 Å². The number of nitrogens with zero attached hydrogens (tertiary/aromatic N) is 2. The van der Waals surface area contributed by atoms with Gasteiger partial charge in [-0.05, 0) is 56.2 Å². The molecule has 0 heterocycles. The van der Waals surface area contributed by atoms with Gasteiger partial charge in [0.15, 0.2) is 0 Å². The fourth-order valence-corrected chi connectivity index (χ4v) is 2.36. The van der Waals surface area contributed by atoms with Crippen LogP contribution in [-0.4, -0.2) is 6.61 Å². The summed E-state index contributed by atoms with van der Waals surface area (Å²) in [5.41, 5.74) is 4.12. The second kappa shape index (κ2) is 9.09. The molecule has 0 bridgehead atoms. The first-order valence-electron chi connectivity index (χ1n) is 8.41. The highest BCUT2D eigenvalue weighted by Gasteiger charge is 1.98. The number of unbranched alkanes of at least 4 members (excludes halogenated alkanes) is 3. The molecule has 2 rings (SSSR count). The van der Waals surface area contributed by atoms with Crippen LogP contribution in [0.5, 0.6) is 5.75 Å². The molecule has 0 spiro atoms.